The van der Waals surface area contributed by atoms with Gasteiger partial charge in [-0.05, 0) is 113 Å². The van der Waals surface area contributed by atoms with Crippen LogP contribution in [0.3, 0.4) is 0 Å². The first-order valence-electron chi connectivity index (χ1n) is 15.9. The lowest BCUT2D eigenvalue weighted by Crippen LogP contribution is -2.37. The monoisotopic (exact) mass is 673 g/mol. The highest BCUT2D eigenvalue weighted by Gasteiger charge is 2.27. The third-order valence-electron chi connectivity index (χ3n) is 8.96. The first kappa shape index (κ1) is 32.0. The number of nitrogens with zero attached hydrogens (tertiary/aromatic N) is 2. The van der Waals surface area contributed by atoms with Crippen molar-refractivity contribution in [1.29, 1.82) is 0 Å². The van der Waals surface area contributed by atoms with E-state index in [0.29, 0.717) is 59.5 Å². The summed E-state index contributed by atoms with van der Waals surface area (Å²) in [5, 5.41) is 4.40. The van der Waals surface area contributed by atoms with Crippen molar-refractivity contribution >= 4 is 40.0 Å². The van der Waals surface area contributed by atoms with Crippen molar-refractivity contribution in [3.63, 3.8) is 0 Å². The van der Waals surface area contributed by atoms with Crippen LogP contribution in [0, 0.1) is 5.82 Å². The average Bonchev–Trinajstić information content (AvgIpc) is 3.49. The molecule has 246 valence electrons. The number of ether oxygens (including phenoxy) is 2. The molecule has 0 radical (unpaired) electrons. The number of carbonyl (C=O) groups excluding carboxylic acids is 2. The number of benzene rings is 5. The SMILES string of the molecule is COc1cc2c(cc1OC)CN(C(=O)c1cc3cc(-c4ccc(NC(=O)c5ccc(Cl)cc5)cc4)ccc3n1Cc1ccc(F)cc1)CC2. The molecule has 0 saturated heterocycles. The van der Waals surface area contributed by atoms with Crippen LogP contribution < -0.4 is 14.8 Å². The van der Waals surface area contributed by atoms with Gasteiger partial charge in [0.05, 0.1) is 14.2 Å². The molecule has 0 atom stereocenters. The van der Waals surface area contributed by atoms with Crippen LogP contribution in [0.1, 0.15) is 37.5 Å². The molecule has 0 bridgehead atoms. The molecule has 1 N–H and O–H groups in total. The Hall–Kier alpha value is -5.60. The number of hydrogen-bond donors (Lipinski definition) is 1. The highest BCUT2D eigenvalue weighted by atomic mass is 35.5. The van der Waals surface area contributed by atoms with Crippen molar-refractivity contribution in [2.75, 3.05) is 26.1 Å². The van der Waals surface area contributed by atoms with Crippen LogP contribution in [0.15, 0.2) is 109 Å². The largest absolute Gasteiger partial charge is 0.493 e. The summed E-state index contributed by atoms with van der Waals surface area (Å²) in [6.07, 6.45) is 0.694. The van der Waals surface area contributed by atoms with Crippen molar-refractivity contribution < 1.29 is 23.5 Å². The summed E-state index contributed by atoms with van der Waals surface area (Å²) in [6, 6.07) is 32.7. The molecule has 1 aromatic heterocycles. The van der Waals surface area contributed by atoms with E-state index in [1.807, 2.05) is 64.1 Å². The van der Waals surface area contributed by atoms with Crippen molar-refractivity contribution in [2.24, 2.45) is 0 Å². The molecule has 7 rings (SSSR count). The van der Waals surface area contributed by atoms with Crippen molar-refractivity contribution in [1.82, 2.24) is 9.47 Å². The predicted octanol–water partition coefficient (Wildman–Crippen LogP) is 8.62. The second kappa shape index (κ2) is 13.5. The molecular weight excluding hydrogens is 641 g/mol. The zero-order valence-electron chi connectivity index (χ0n) is 27.0. The summed E-state index contributed by atoms with van der Waals surface area (Å²) in [5.74, 6) is 0.693. The first-order valence-corrected chi connectivity index (χ1v) is 16.3. The molecule has 2 amide bonds. The van der Waals surface area contributed by atoms with Gasteiger partial charge in [0.1, 0.15) is 11.5 Å². The van der Waals surface area contributed by atoms with E-state index in [2.05, 4.69) is 11.4 Å². The highest BCUT2D eigenvalue weighted by molar-refractivity contribution is 6.30. The van der Waals surface area contributed by atoms with E-state index in [0.717, 1.165) is 38.7 Å². The van der Waals surface area contributed by atoms with Gasteiger partial charge >= 0.3 is 0 Å². The van der Waals surface area contributed by atoms with Gasteiger partial charge in [0.2, 0.25) is 0 Å². The Morgan fingerprint density at radius 1 is 0.796 bits per heavy atom. The molecule has 2 heterocycles. The smallest absolute Gasteiger partial charge is 0.270 e. The van der Waals surface area contributed by atoms with E-state index in [9.17, 15) is 14.0 Å². The lowest BCUT2D eigenvalue weighted by Gasteiger charge is -2.30. The van der Waals surface area contributed by atoms with Gasteiger partial charge in [0, 0.05) is 46.8 Å². The summed E-state index contributed by atoms with van der Waals surface area (Å²) >= 11 is 5.95. The molecule has 5 aromatic carbocycles. The Morgan fingerprint density at radius 2 is 1.47 bits per heavy atom. The highest BCUT2D eigenvalue weighted by Crippen LogP contribution is 2.35. The number of carbonyl (C=O) groups is 2. The van der Waals surface area contributed by atoms with Gasteiger partial charge < -0.3 is 24.3 Å². The lowest BCUT2D eigenvalue weighted by molar-refractivity contribution is 0.0724. The average molecular weight is 674 g/mol. The van der Waals surface area contributed by atoms with Crippen LogP contribution in [0.4, 0.5) is 10.1 Å². The van der Waals surface area contributed by atoms with Gasteiger partial charge in [-0.2, -0.15) is 0 Å². The maximum atomic E-state index is 14.3. The Labute approximate surface area is 288 Å². The molecule has 0 aliphatic carbocycles. The minimum absolute atomic E-state index is 0.0823. The van der Waals surface area contributed by atoms with E-state index < -0.39 is 0 Å². The van der Waals surface area contributed by atoms with Gasteiger partial charge in [-0.15, -0.1) is 0 Å². The van der Waals surface area contributed by atoms with Gasteiger partial charge in [-0.3, -0.25) is 9.59 Å². The van der Waals surface area contributed by atoms with Gasteiger partial charge in [0.25, 0.3) is 11.8 Å². The number of anilines is 1. The number of nitrogens with one attached hydrogen (secondary N) is 1. The lowest BCUT2D eigenvalue weighted by atomic mass is 9.98. The third-order valence-corrected chi connectivity index (χ3v) is 9.21. The number of halogens is 2. The number of methoxy groups -OCH3 is 2. The van der Waals surface area contributed by atoms with Crippen molar-refractivity contribution in [3.05, 3.63) is 148 Å². The quantitative estimate of drug-likeness (QED) is 0.176. The third kappa shape index (κ3) is 6.60. The summed E-state index contributed by atoms with van der Waals surface area (Å²) in [5.41, 5.74) is 7.60. The second-order valence-electron chi connectivity index (χ2n) is 12.0. The van der Waals surface area contributed by atoms with Crippen LogP contribution in [-0.4, -0.2) is 42.0 Å². The molecule has 0 saturated carbocycles. The summed E-state index contributed by atoms with van der Waals surface area (Å²) in [6.45, 7) is 1.41. The fourth-order valence-corrected chi connectivity index (χ4v) is 6.47. The molecular formula is C40H33ClFN3O4. The van der Waals surface area contributed by atoms with E-state index >= 15 is 0 Å². The Kier molecular flexibility index (Phi) is 8.80. The molecule has 9 heteroatoms. The van der Waals surface area contributed by atoms with E-state index in [1.54, 1.807) is 50.6 Å². The second-order valence-corrected chi connectivity index (χ2v) is 12.4. The normalized spacial score (nSPS) is 12.4. The number of hydrogen-bond acceptors (Lipinski definition) is 4. The maximum Gasteiger partial charge on any atom is 0.270 e. The van der Waals surface area contributed by atoms with Crippen LogP contribution >= 0.6 is 11.6 Å². The molecule has 0 spiro atoms. The van der Waals surface area contributed by atoms with Crippen LogP contribution in [0.5, 0.6) is 11.5 Å². The summed E-state index contributed by atoms with van der Waals surface area (Å²) < 4.78 is 26.8. The molecule has 0 fully saturated rings. The molecule has 0 unspecified atom stereocenters. The van der Waals surface area contributed by atoms with Crippen molar-refractivity contribution in [2.45, 2.75) is 19.5 Å². The molecule has 1 aliphatic rings. The maximum absolute atomic E-state index is 14.3. The standard InChI is InChI=1S/C40H33ClFN3O4/c1-48-37-21-29-17-18-44(24-31(29)22-38(37)49-2)40(47)36-20-30-19-28(9-16-35(30)45(36)23-25-3-12-33(42)13-4-25)26-7-14-34(15-8-26)43-39(46)27-5-10-32(41)11-6-27/h3-16,19-22H,17-18,23-24H2,1-2H3,(H,43,46). The minimum Gasteiger partial charge on any atom is -0.493 e. The predicted molar refractivity (Wildman–Crippen MR) is 190 cm³/mol. The summed E-state index contributed by atoms with van der Waals surface area (Å²) in [4.78, 5) is 28.8. The fourth-order valence-electron chi connectivity index (χ4n) is 6.34. The number of amides is 2. The Balaban J connectivity index is 1.19. The Bertz CT molecular complexity index is 2180. The van der Waals surface area contributed by atoms with E-state index in [-0.39, 0.29) is 17.6 Å². The van der Waals surface area contributed by atoms with E-state index in [1.165, 1.54) is 12.1 Å². The van der Waals surface area contributed by atoms with Crippen LogP contribution in [0.2, 0.25) is 5.02 Å². The van der Waals surface area contributed by atoms with Crippen molar-refractivity contribution in [3.8, 4) is 22.6 Å². The molecule has 1 aliphatic heterocycles. The topological polar surface area (TPSA) is 72.8 Å². The van der Waals surface area contributed by atoms with Gasteiger partial charge in [0.15, 0.2) is 11.5 Å². The fraction of sp³-hybridized carbons (Fsp3) is 0.150. The molecule has 49 heavy (non-hydrogen) atoms. The van der Waals surface area contributed by atoms with Crippen LogP contribution in [0.25, 0.3) is 22.0 Å². The number of rotatable bonds is 8. The number of fused-ring (bicyclic) bond motifs is 2. The molecule has 7 nitrogen and oxygen atoms in total. The van der Waals surface area contributed by atoms with Gasteiger partial charge in [-0.1, -0.05) is 41.9 Å². The molecule has 6 aromatic rings. The zero-order chi connectivity index (χ0) is 34.1. The summed E-state index contributed by atoms with van der Waals surface area (Å²) in [7, 11) is 3.22. The first-order chi connectivity index (χ1) is 23.8. The zero-order valence-corrected chi connectivity index (χ0v) is 27.8. The minimum atomic E-state index is -0.309. The number of aromatic nitrogens is 1. The Morgan fingerprint density at radius 3 is 2.16 bits per heavy atom. The van der Waals surface area contributed by atoms with E-state index in [4.69, 9.17) is 21.1 Å². The van der Waals surface area contributed by atoms with Gasteiger partial charge in [-0.25, -0.2) is 4.39 Å². The van der Waals surface area contributed by atoms with Crippen LogP contribution in [-0.2, 0) is 19.5 Å².